The summed E-state index contributed by atoms with van der Waals surface area (Å²) >= 11 is 0. The van der Waals surface area contributed by atoms with Crippen LogP contribution in [0.2, 0.25) is 0 Å². The van der Waals surface area contributed by atoms with E-state index in [2.05, 4.69) is 4.52 Å². The van der Waals surface area contributed by atoms with Crippen LogP contribution in [0.4, 0.5) is 8.39 Å². The zero-order valence-corrected chi connectivity index (χ0v) is 10.2. The third kappa shape index (κ3) is 4.00. The summed E-state index contributed by atoms with van der Waals surface area (Å²) in [4.78, 5) is 16.9. The first-order chi connectivity index (χ1) is 7.05. The molecule has 0 unspecified atom stereocenters. The summed E-state index contributed by atoms with van der Waals surface area (Å²) in [5, 5.41) is 0. The second-order valence-electron chi connectivity index (χ2n) is 4.04. The molecule has 3 nitrogen and oxygen atoms in total. The van der Waals surface area contributed by atoms with Gasteiger partial charge in [0.1, 0.15) is 0 Å². The topological polar surface area (TPSA) is 49.7 Å². The van der Waals surface area contributed by atoms with Crippen molar-refractivity contribution < 1.29 is 22.7 Å². The van der Waals surface area contributed by atoms with Gasteiger partial charge in [0.25, 0.3) is 0 Å². The third-order valence-electron chi connectivity index (χ3n) is 2.04. The minimum atomic E-state index is -6.95. The van der Waals surface area contributed by atoms with Crippen LogP contribution in [0.3, 0.4) is 0 Å². The molecule has 0 aliphatic rings. The Labute approximate surface area is 93.1 Å². The van der Waals surface area contributed by atoms with Gasteiger partial charge in [0, 0.05) is 0 Å². The van der Waals surface area contributed by atoms with Crippen LogP contribution in [-0.2, 0) is 0 Å². The Kier molecular flexibility index (Phi) is 3.25. The van der Waals surface area contributed by atoms with E-state index < -0.39 is 7.91 Å². The molecule has 0 saturated carbocycles. The zero-order chi connectivity index (χ0) is 12.6. The van der Waals surface area contributed by atoms with Crippen LogP contribution in [0.1, 0.15) is 30.9 Å². The van der Waals surface area contributed by atoms with Gasteiger partial charge in [-0.1, -0.05) is 0 Å². The fraction of sp³-hybridized carbons (Fsp3) is 0.400. The first-order valence-electron chi connectivity index (χ1n) is 4.81. The van der Waals surface area contributed by atoms with Gasteiger partial charge in [-0.25, -0.2) is 0 Å². The predicted molar refractivity (Wildman–Crippen MR) is 59.5 cm³/mol. The van der Waals surface area contributed by atoms with Gasteiger partial charge in [-0.05, 0) is 0 Å². The van der Waals surface area contributed by atoms with Crippen molar-refractivity contribution in [2.45, 2.75) is 26.7 Å². The summed E-state index contributed by atoms with van der Waals surface area (Å²) in [5.41, 5.74) is 1.41. The Morgan fingerprint density at radius 1 is 1.25 bits per heavy atom. The Balaban J connectivity index is 3.15. The quantitative estimate of drug-likeness (QED) is 0.809. The van der Waals surface area contributed by atoms with E-state index in [-0.39, 0.29) is 11.7 Å². The molecule has 0 aliphatic heterocycles. The number of halogens is 2. The van der Waals surface area contributed by atoms with Crippen molar-refractivity contribution in [2.24, 2.45) is 0 Å². The first kappa shape index (κ1) is 13.3. The second-order valence-corrected chi connectivity index (χ2v) is 5.74. The Bertz CT molecular complexity index is 390. The average molecular weight is 252 g/mol. The van der Waals surface area contributed by atoms with E-state index in [0.29, 0.717) is 5.56 Å². The summed E-state index contributed by atoms with van der Waals surface area (Å²) in [6, 6.07) is 4.57. The van der Waals surface area contributed by atoms with Crippen molar-refractivity contribution in [3.05, 3.63) is 29.3 Å². The van der Waals surface area contributed by atoms with Gasteiger partial charge >= 0.3 is 92.4 Å². The standard InChI is InChI=1S/C10H15F2O3P/c1-7(2)9-6-8(3)4-5-10(9)15-16(11,12,13)14/h4-7,13-14H,1-3H3. The van der Waals surface area contributed by atoms with Crippen molar-refractivity contribution in [2.75, 3.05) is 0 Å². The van der Waals surface area contributed by atoms with Gasteiger partial charge in [0.15, 0.2) is 0 Å². The molecule has 2 N–H and O–H groups in total. The van der Waals surface area contributed by atoms with E-state index in [0.717, 1.165) is 5.56 Å². The average Bonchev–Trinajstić information content (AvgIpc) is 2.04. The maximum absolute atomic E-state index is 12.7. The van der Waals surface area contributed by atoms with E-state index in [1.807, 2.05) is 20.8 Å². The van der Waals surface area contributed by atoms with Gasteiger partial charge in [-0.15, -0.1) is 0 Å². The monoisotopic (exact) mass is 252 g/mol. The van der Waals surface area contributed by atoms with Crippen LogP contribution >= 0.6 is 7.91 Å². The number of rotatable bonds is 3. The molecule has 0 amide bonds. The number of benzene rings is 1. The summed E-state index contributed by atoms with van der Waals surface area (Å²) in [6.45, 7) is 5.43. The maximum atomic E-state index is 12.7. The van der Waals surface area contributed by atoms with E-state index in [1.165, 1.54) is 6.07 Å². The van der Waals surface area contributed by atoms with Crippen molar-refractivity contribution in [3.8, 4) is 5.75 Å². The molecule has 6 heteroatoms. The molecule has 0 fully saturated rings. The van der Waals surface area contributed by atoms with Crippen LogP contribution in [-0.4, -0.2) is 9.79 Å². The van der Waals surface area contributed by atoms with Crippen molar-refractivity contribution in [1.82, 2.24) is 0 Å². The molecule has 0 heterocycles. The van der Waals surface area contributed by atoms with E-state index in [1.54, 1.807) is 12.1 Å². The summed E-state index contributed by atoms with van der Waals surface area (Å²) < 4.78 is 29.4. The van der Waals surface area contributed by atoms with Crippen LogP contribution in [0.15, 0.2) is 18.2 Å². The molecule has 1 rings (SSSR count). The van der Waals surface area contributed by atoms with E-state index >= 15 is 0 Å². The number of hydrogen-bond acceptors (Lipinski definition) is 3. The first-order valence-corrected chi connectivity index (χ1v) is 6.65. The molecule has 0 aliphatic carbocycles. The molecule has 92 valence electrons. The van der Waals surface area contributed by atoms with Gasteiger partial charge in [0.05, 0.1) is 0 Å². The Morgan fingerprint density at radius 3 is 2.25 bits per heavy atom. The van der Waals surface area contributed by atoms with Crippen molar-refractivity contribution in [3.63, 3.8) is 0 Å². The SMILES string of the molecule is Cc1ccc(OP(O)(O)(F)F)c(C(C)C)c1. The van der Waals surface area contributed by atoms with Crippen molar-refractivity contribution >= 4 is 7.91 Å². The molecule has 0 saturated heterocycles. The summed E-state index contributed by atoms with van der Waals surface area (Å²) in [5.74, 6) is -0.235. The molecule has 0 aromatic heterocycles. The number of hydrogen-bond donors (Lipinski definition) is 2. The minimum absolute atomic E-state index is 0.0478. The Morgan fingerprint density at radius 2 is 1.81 bits per heavy atom. The van der Waals surface area contributed by atoms with Crippen LogP contribution in [0.25, 0.3) is 0 Å². The number of aryl methyl sites for hydroxylation is 1. The van der Waals surface area contributed by atoms with Crippen LogP contribution in [0.5, 0.6) is 5.75 Å². The third-order valence-corrected chi connectivity index (χ3v) is 2.53. The van der Waals surface area contributed by atoms with Crippen LogP contribution in [0, 0.1) is 6.92 Å². The molecule has 0 bridgehead atoms. The molecular weight excluding hydrogens is 237 g/mol. The molecular formula is C10H15F2O3P. The van der Waals surface area contributed by atoms with E-state index in [9.17, 15) is 8.39 Å². The fourth-order valence-corrected chi connectivity index (χ4v) is 1.86. The normalized spacial score (nSPS) is 14.6. The predicted octanol–water partition coefficient (Wildman–Crippen LogP) is 3.55. The molecule has 0 radical (unpaired) electrons. The summed E-state index contributed by atoms with van der Waals surface area (Å²) in [7, 11) is -6.95. The molecule has 0 spiro atoms. The van der Waals surface area contributed by atoms with Gasteiger partial charge in [0.2, 0.25) is 0 Å². The molecule has 1 aromatic rings. The molecule has 0 atom stereocenters. The fourth-order valence-electron chi connectivity index (χ4n) is 1.36. The van der Waals surface area contributed by atoms with Gasteiger partial charge in [-0.3, -0.25) is 0 Å². The summed E-state index contributed by atoms with van der Waals surface area (Å²) in [6.07, 6.45) is 0. The second kappa shape index (κ2) is 3.91. The van der Waals surface area contributed by atoms with E-state index in [4.69, 9.17) is 9.79 Å². The van der Waals surface area contributed by atoms with Gasteiger partial charge in [-0.2, -0.15) is 0 Å². The zero-order valence-electron chi connectivity index (χ0n) is 9.32. The molecule has 1 aromatic carbocycles. The molecule has 16 heavy (non-hydrogen) atoms. The van der Waals surface area contributed by atoms with Gasteiger partial charge < -0.3 is 0 Å². The van der Waals surface area contributed by atoms with Crippen LogP contribution < -0.4 is 4.52 Å². The Hall–Kier alpha value is -0.770. The van der Waals surface area contributed by atoms with Crippen molar-refractivity contribution in [1.29, 1.82) is 0 Å².